The van der Waals surface area contributed by atoms with Crippen LogP contribution in [0.5, 0.6) is 0 Å². The molecule has 0 aliphatic heterocycles. The molecule has 2 unspecified atom stereocenters. The van der Waals surface area contributed by atoms with E-state index in [-0.39, 0.29) is 0 Å². The molecule has 19 heavy (non-hydrogen) atoms. The Morgan fingerprint density at radius 3 is 2.58 bits per heavy atom. The molecule has 0 aliphatic rings. The fraction of sp³-hybridized carbons (Fsp3) is 0.812. The van der Waals surface area contributed by atoms with Gasteiger partial charge in [0.05, 0.1) is 5.69 Å². The van der Waals surface area contributed by atoms with E-state index in [4.69, 9.17) is 0 Å². The van der Waals surface area contributed by atoms with E-state index >= 15 is 0 Å². The Labute approximate surface area is 118 Å². The van der Waals surface area contributed by atoms with Gasteiger partial charge in [-0.05, 0) is 51.1 Å². The first-order chi connectivity index (χ1) is 9.08. The van der Waals surface area contributed by atoms with Crippen LogP contribution in [0.4, 0.5) is 0 Å². The molecule has 3 nitrogen and oxygen atoms in total. The van der Waals surface area contributed by atoms with Gasteiger partial charge in [-0.1, -0.05) is 27.7 Å². The van der Waals surface area contributed by atoms with Gasteiger partial charge in [-0.15, -0.1) is 0 Å². The van der Waals surface area contributed by atoms with Crippen LogP contribution in [-0.4, -0.2) is 22.4 Å². The van der Waals surface area contributed by atoms with E-state index < -0.39 is 0 Å². The van der Waals surface area contributed by atoms with Crippen LogP contribution in [-0.2, 0) is 6.42 Å². The molecule has 0 saturated heterocycles. The highest BCUT2D eigenvalue weighted by molar-refractivity contribution is 5.00. The van der Waals surface area contributed by atoms with Gasteiger partial charge in [0.15, 0.2) is 0 Å². The summed E-state index contributed by atoms with van der Waals surface area (Å²) in [5, 5.41) is 8.33. The molecule has 0 aliphatic carbocycles. The summed E-state index contributed by atoms with van der Waals surface area (Å²) in [5.74, 6) is 0.684. The van der Waals surface area contributed by atoms with Crippen molar-refractivity contribution in [3.63, 3.8) is 0 Å². The van der Waals surface area contributed by atoms with E-state index in [9.17, 15) is 0 Å². The fourth-order valence-corrected chi connectivity index (χ4v) is 2.25. The molecule has 1 rings (SSSR count). The predicted octanol–water partition coefficient (Wildman–Crippen LogP) is 3.81. The SMILES string of the molecule is CCCNC(CCc1ccn(C(C)CC)n1)C(C)C. The highest BCUT2D eigenvalue weighted by Gasteiger charge is 2.13. The average molecular weight is 265 g/mol. The molecular formula is C16H31N3. The highest BCUT2D eigenvalue weighted by atomic mass is 15.3. The molecule has 110 valence electrons. The normalized spacial score (nSPS) is 14.8. The van der Waals surface area contributed by atoms with Gasteiger partial charge in [0.1, 0.15) is 0 Å². The Kier molecular flexibility index (Phi) is 7.14. The minimum Gasteiger partial charge on any atom is -0.314 e. The van der Waals surface area contributed by atoms with Crippen LogP contribution in [0.25, 0.3) is 0 Å². The lowest BCUT2D eigenvalue weighted by molar-refractivity contribution is 0.376. The van der Waals surface area contributed by atoms with E-state index in [0.29, 0.717) is 18.0 Å². The zero-order chi connectivity index (χ0) is 14.3. The van der Waals surface area contributed by atoms with E-state index in [1.165, 1.54) is 18.5 Å². The molecule has 0 amide bonds. The van der Waals surface area contributed by atoms with Crippen LogP contribution in [0.2, 0.25) is 0 Å². The second-order valence-corrected chi connectivity index (χ2v) is 5.89. The number of hydrogen-bond acceptors (Lipinski definition) is 2. The Bertz CT molecular complexity index is 344. The smallest absolute Gasteiger partial charge is 0.0625 e. The molecule has 0 spiro atoms. The lowest BCUT2D eigenvalue weighted by Crippen LogP contribution is -2.34. The van der Waals surface area contributed by atoms with Crippen LogP contribution < -0.4 is 5.32 Å². The number of nitrogens with one attached hydrogen (secondary N) is 1. The second-order valence-electron chi connectivity index (χ2n) is 5.89. The topological polar surface area (TPSA) is 29.9 Å². The standard InChI is InChI=1S/C16H31N3/c1-6-11-17-16(13(3)4)9-8-15-10-12-19(18-15)14(5)7-2/h10,12-14,16-17H,6-9,11H2,1-5H3. The summed E-state index contributed by atoms with van der Waals surface area (Å²) >= 11 is 0. The summed E-state index contributed by atoms with van der Waals surface area (Å²) in [6.45, 7) is 12.4. The zero-order valence-electron chi connectivity index (χ0n) is 13.3. The molecule has 0 saturated carbocycles. The van der Waals surface area contributed by atoms with E-state index in [1.54, 1.807) is 0 Å². The maximum Gasteiger partial charge on any atom is 0.0625 e. The predicted molar refractivity (Wildman–Crippen MR) is 82.5 cm³/mol. The first-order valence-electron chi connectivity index (χ1n) is 7.85. The number of hydrogen-bond donors (Lipinski definition) is 1. The minimum absolute atomic E-state index is 0.507. The highest BCUT2D eigenvalue weighted by Crippen LogP contribution is 2.13. The van der Waals surface area contributed by atoms with Crippen molar-refractivity contribution in [3.05, 3.63) is 18.0 Å². The Morgan fingerprint density at radius 2 is 2.00 bits per heavy atom. The third-order valence-corrected chi connectivity index (χ3v) is 3.88. The Hall–Kier alpha value is -0.830. The molecule has 2 atom stereocenters. The summed E-state index contributed by atoms with van der Waals surface area (Å²) in [7, 11) is 0. The molecule has 1 aromatic heterocycles. The molecule has 1 aromatic rings. The quantitative estimate of drug-likeness (QED) is 0.736. The van der Waals surface area contributed by atoms with E-state index in [1.807, 2.05) is 0 Å². The number of nitrogens with zero attached hydrogens (tertiary/aromatic N) is 2. The van der Waals surface area contributed by atoms with Crippen molar-refractivity contribution in [1.29, 1.82) is 0 Å². The monoisotopic (exact) mass is 265 g/mol. The van der Waals surface area contributed by atoms with Gasteiger partial charge < -0.3 is 5.32 Å². The summed E-state index contributed by atoms with van der Waals surface area (Å²) in [5.41, 5.74) is 1.23. The van der Waals surface area contributed by atoms with Crippen molar-refractivity contribution in [1.82, 2.24) is 15.1 Å². The van der Waals surface area contributed by atoms with Gasteiger partial charge in [0.2, 0.25) is 0 Å². The molecular weight excluding hydrogens is 234 g/mol. The summed E-state index contributed by atoms with van der Waals surface area (Å²) in [4.78, 5) is 0. The molecule has 0 aromatic carbocycles. The van der Waals surface area contributed by atoms with Crippen LogP contribution in [0.3, 0.4) is 0 Å². The van der Waals surface area contributed by atoms with Crippen molar-refractivity contribution >= 4 is 0 Å². The minimum atomic E-state index is 0.507. The number of aryl methyl sites for hydroxylation is 1. The molecule has 0 radical (unpaired) electrons. The van der Waals surface area contributed by atoms with Crippen molar-refractivity contribution in [3.8, 4) is 0 Å². The lowest BCUT2D eigenvalue weighted by Gasteiger charge is -2.21. The molecule has 3 heteroatoms. The van der Waals surface area contributed by atoms with Gasteiger partial charge in [-0.25, -0.2) is 0 Å². The third kappa shape index (κ3) is 5.35. The summed E-state index contributed by atoms with van der Waals surface area (Å²) in [6.07, 6.45) is 6.70. The van der Waals surface area contributed by atoms with Crippen LogP contribution in [0, 0.1) is 5.92 Å². The van der Waals surface area contributed by atoms with Gasteiger partial charge >= 0.3 is 0 Å². The van der Waals surface area contributed by atoms with Gasteiger partial charge in [0, 0.05) is 18.3 Å². The maximum atomic E-state index is 4.68. The second kappa shape index (κ2) is 8.36. The van der Waals surface area contributed by atoms with Crippen molar-refractivity contribution in [2.45, 2.75) is 72.4 Å². The lowest BCUT2D eigenvalue weighted by atomic mass is 9.98. The first kappa shape index (κ1) is 16.2. The average Bonchev–Trinajstić information content (AvgIpc) is 2.86. The number of rotatable bonds is 9. The fourth-order valence-electron chi connectivity index (χ4n) is 2.25. The van der Waals surface area contributed by atoms with Crippen LogP contribution >= 0.6 is 0 Å². The van der Waals surface area contributed by atoms with Gasteiger partial charge in [-0.3, -0.25) is 4.68 Å². The molecule has 1 heterocycles. The zero-order valence-corrected chi connectivity index (χ0v) is 13.3. The van der Waals surface area contributed by atoms with Gasteiger partial charge in [-0.2, -0.15) is 5.10 Å². The summed E-state index contributed by atoms with van der Waals surface area (Å²) in [6, 6.07) is 3.28. The maximum absolute atomic E-state index is 4.68. The Balaban J connectivity index is 2.47. The van der Waals surface area contributed by atoms with Crippen molar-refractivity contribution < 1.29 is 0 Å². The van der Waals surface area contributed by atoms with Crippen LogP contribution in [0.15, 0.2) is 12.3 Å². The van der Waals surface area contributed by atoms with E-state index in [2.05, 4.69) is 62.0 Å². The summed E-state index contributed by atoms with van der Waals surface area (Å²) < 4.78 is 2.10. The first-order valence-corrected chi connectivity index (χ1v) is 7.85. The molecule has 1 N–H and O–H groups in total. The van der Waals surface area contributed by atoms with E-state index in [0.717, 1.165) is 19.4 Å². The molecule has 0 bridgehead atoms. The molecule has 0 fully saturated rings. The Morgan fingerprint density at radius 1 is 1.26 bits per heavy atom. The van der Waals surface area contributed by atoms with Crippen molar-refractivity contribution in [2.75, 3.05) is 6.54 Å². The van der Waals surface area contributed by atoms with Gasteiger partial charge in [0.25, 0.3) is 0 Å². The number of aromatic nitrogens is 2. The van der Waals surface area contributed by atoms with Crippen LogP contribution in [0.1, 0.15) is 65.6 Å². The largest absolute Gasteiger partial charge is 0.314 e. The third-order valence-electron chi connectivity index (χ3n) is 3.88. The van der Waals surface area contributed by atoms with Crippen molar-refractivity contribution in [2.24, 2.45) is 5.92 Å².